The van der Waals surface area contributed by atoms with Crippen LogP contribution in [0.5, 0.6) is 5.75 Å². The fourth-order valence-corrected chi connectivity index (χ4v) is 9.47. The van der Waals surface area contributed by atoms with Crippen LogP contribution >= 0.6 is 0 Å². The fourth-order valence-electron chi connectivity index (χ4n) is 9.47. The van der Waals surface area contributed by atoms with Gasteiger partial charge in [0.25, 0.3) is 5.91 Å². The molecule has 3 aliphatic heterocycles. The summed E-state index contributed by atoms with van der Waals surface area (Å²) in [5, 5.41) is 4.81. The molecular weight excluding hydrogens is 759 g/mol. The molecule has 0 aliphatic carbocycles. The maximum absolute atomic E-state index is 14.3. The van der Waals surface area contributed by atoms with E-state index in [9.17, 15) is 14.4 Å². The summed E-state index contributed by atoms with van der Waals surface area (Å²) in [6, 6.07) is 22.8. The van der Waals surface area contributed by atoms with E-state index < -0.39 is 12.1 Å². The fraction of sp³-hybridized carbons (Fsp3) is 0.383. The smallest absolute Gasteiger partial charge is 0.407 e. The molecule has 5 heterocycles. The molecule has 5 atom stereocenters. The van der Waals surface area contributed by atoms with Crippen molar-refractivity contribution in [2.75, 3.05) is 27.4 Å². The molecule has 2 aromatic heterocycles. The van der Waals surface area contributed by atoms with Gasteiger partial charge in [-0.1, -0.05) is 62.4 Å². The van der Waals surface area contributed by atoms with Gasteiger partial charge in [0.05, 0.1) is 48.7 Å². The first-order chi connectivity index (χ1) is 29.1. The van der Waals surface area contributed by atoms with Crippen molar-refractivity contribution in [3.8, 4) is 28.1 Å². The van der Waals surface area contributed by atoms with Crippen LogP contribution in [0.1, 0.15) is 87.4 Å². The predicted molar refractivity (Wildman–Crippen MR) is 228 cm³/mol. The van der Waals surface area contributed by atoms with Crippen LogP contribution < -0.4 is 10.1 Å². The van der Waals surface area contributed by atoms with Gasteiger partial charge in [-0.05, 0) is 84.0 Å². The molecule has 0 radical (unpaired) electrons. The molecule has 2 fully saturated rings. The second-order valence-electron chi connectivity index (χ2n) is 16.9. The van der Waals surface area contributed by atoms with E-state index in [-0.39, 0.29) is 35.9 Å². The van der Waals surface area contributed by atoms with E-state index in [0.29, 0.717) is 49.9 Å². The highest BCUT2D eigenvalue weighted by Crippen LogP contribution is 2.44. The highest BCUT2D eigenvalue weighted by atomic mass is 16.5. The third-order valence-corrected chi connectivity index (χ3v) is 12.3. The number of rotatable bonds is 10. The number of hydrogen-bond acceptors (Lipinski definition) is 8. The predicted octanol–water partition coefficient (Wildman–Crippen LogP) is 8.40. The Balaban J connectivity index is 0.983. The van der Waals surface area contributed by atoms with Gasteiger partial charge in [0.1, 0.15) is 30.0 Å². The van der Waals surface area contributed by atoms with E-state index in [0.717, 1.165) is 74.2 Å². The number of hydrogen-bond donors (Lipinski definition) is 3. The number of nitrogens with one attached hydrogen (secondary N) is 3. The average Bonchev–Trinajstić information content (AvgIpc) is 4.07. The van der Waals surface area contributed by atoms with Gasteiger partial charge < -0.3 is 39.3 Å². The van der Waals surface area contributed by atoms with Crippen LogP contribution in [-0.2, 0) is 25.7 Å². The molecule has 9 rings (SSSR count). The van der Waals surface area contributed by atoms with Crippen LogP contribution in [0.3, 0.4) is 0 Å². The van der Waals surface area contributed by atoms with Crippen molar-refractivity contribution in [1.82, 2.24) is 35.1 Å². The normalized spacial score (nSPS) is 20.3. The summed E-state index contributed by atoms with van der Waals surface area (Å²) in [6.07, 6.45) is 4.15. The third kappa shape index (κ3) is 7.25. The molecule has 0 spiro atoms. The molecule has 13 nitrogen and oxygen atoms in total. The summed E-state index contributed by atoms with van der Waals surface area (Å²) in [7, 11) is 2.94. The van der Waals surface area contributed by atoms with Gasteiger partial charge in [0.2, 0.25) is 5.91 Å². The van der Waals surface area contributed by atoms with Gasteiger partial charge in [-0.2, -0.15) is 0 Å². The Labute approximate surface area is 348 Å². The molecular formula is C47H51N7O6. The Kier molecular flexibility index (Phi) is 10.5. The lowest BCUT2D eigenvalue weighted by Gasteiger charge is -2.28. The van der Waals surface area contributed by atoms with Crippen molar-refractivity contribution in [2.45, 2.75) is 77.2 Å². The van der Waals surface area contributed by atoms with Crippen molar-refractivity contribution in [1.29, 1.82) is 0 Å². The minimum absolute atomic E-state index is 0.0656. The number of alkyl carbamates (subject to hydrolysis) is 1. The van der Waals surface area contributed by atoms with Crippen molar-refractivity contribution in [2.24, 2.45) is 11.8 Å². The molecule has 2 unspecified atom stereocenters. The number of ether oxygens (including phenoxy) is 3. The van der Waals surface area contributed by atoms with Crippen LogP contribution in [0.25, 0.3) is 44.2 Å². The Morgan fingerprint density at radius 1 is 0.950 bits per heavy atom. The largest absolute Gasteiger partial charge is 0.488 e. The van der Waals surface area contributed by atoms with Gasteiger partial charge in [-0.25, -0.2) is 14.8 Å². The molecule has 13 heteroatoms. The molecule has 3 aliphatic rings. The first-order valence-corrected chi connectivity index (χ1v) is 20.9. The van der Waals surface area contributed by atoms with E-state index >= 15 is 0 Å². The van der Waals surface area contributed by atoms with E-state index in [1.165, 1.54) is 7.11 Å². The molecule has 0 saturated carbocycles. The maximum Gasteiger partial charge on any atom is 0.407 e. The average molecular weight is 810 g/mol. The molecule has 4 aromatic carbocycles. The zero-order chi connectivity index (χ0) is 41.7. The van der Waals surface area contributed by atoms with Crippen LogP contribution in [-0.4, -0.2) is 81.1 Å². The molecule has 310 valence electrons. The summed E-state index contributed by atoms with van der Waals surface area (Å²) in [6.45, 7) is 7.65. The molecule has 0 bridgehead atoms. The van der Waals surface area contributed by atoms with E-state index in [1.54, 1.807) is 12.0 Å². The van der Waals surface area contributed by atoms with Gasteiger partial charge in [0, 0.05) is 43.0 Å². The van der Waals surface area contributed by atoms with Gasteiger partial charge in [0.15, 0.2) is 0 Å². The monoisotopic (exact) mass is 809 g/mol. The first kappa shape index (κ1) is 39.3. The van der Waals surface area contributed by atoms with Crippen molar-refractivity contribution < 1.29 is 28.6 Å². The first-order valence-electron chi connectivity index (χ1n) is 20.9. The summed E-state index contributed by atoms with van der Waals surface area (Å²) in [5.41, 5.74) is 7.43. The third-order valence-electron chi connectivity index (χ3n) is 12.3. The van der Waals surface area contributed by atoms with E-state index in [4.69, 9.17) is 24.2 Å². The second kappa shape index (κ2) is 16.1. The minimum atomic E-state index is -0.932. The molecule has 2 saturated heterocycles. The number of benzene rings is 4. The highest BCUT2D eigenvalue weighted by Gasteiger charge is 2.41. The van der Waals surface area contributed by atoms with Gasteiger partial charge in [-0.15, -0.1) is 0 Å². The van der Waals surface area contributed by atoms with Crippen LogP contribution in [0, 0.1) is 11.8 Å². The van der Waals surface area contributed by atoms with Crippen molar-refractivity contribution >= 4 is 39.7 Å². The van der Waals surface area contributed by atoms with Crippen molar-refractivity contribution in [3.63, 3.8) is 0 Å². The maximum atomic E-state index is 14.3. The zero-order valence-electron chi connectivity index (χ0n) is 34.7. The molecule has 3 amide bonds. The Morgan fingerprint density at radius 2 is 1.78 bits per heavy atom. The van der Waals surface area contributed by atoms with Crippen LogP contribution in [0.15, 0.2) is 79.0 Å². The van der Waals surface area contributed by atoms with Crippen molar-refractivity contribution in [3.05, 3.63) is 102 Å². The molecule has 60 heavy (non-hydrogen) atoms. The molecule has 6 aromatic rings. The number of likely N-dealkylation sites (tertiary alicyclic amines) is 2. The zero-order valence-corrected chi connectivity index (χ0v) is 34.7. The quantitative estimate of drug-likeness (QED) is 0.125. The Bertz CT molecular complexity index is 2580. The highest BCUT2D eigenvalue weighted by molar-refractivity contribution is 6.07. The summed E-state index contributed by atoms with van der Waals surface area (Å²) in [5.74, 6) is 2.63. The standard InChI is InChI=1S/C47H51N7O6/c1-26(2)17-41(55)54-27(3)11-16-38(54)45-49-36-15-13-30-20-35-33-14-12-31(19-32(33)25-60-40(35)21-34(30)43(36)51-45)37-22-48-44(50-37)39-18-28(24-58-4)23-53(39)46(56)42(52-47(57)59-5)29-9-7-6-8-10-29/h6-10,12-15,19-22,26-28,38-39,42H,11,16-18,23-25H2,1-5H3,(H,48,50)(H,49,51)(H,52,57)/t27-,28-,38-,39?,42?/m0/s1. The number of aromatic nitrogens is 4. The number of amides is 3. The number of aromatic amines is 2. The van der Waals surface area contributed by atoms with Crippen LogP contribution in [0.4, 0.5) is 4.79 Å². The number of methoxy groups -OCH3 is 2. The number of H-pyrrole nitrogens is 2. The Morgan fingerprint density at radius 3 is 2.57 bits per heavy atom. The number of carbonyl (C=O) groups is 3. The number of nitrogens with zero attached hydrogens (tertiary/aromatic N) is 4. The number of carbonyl (C=O) groups excluding carboxylic acids is 3. The summed E-state index contributed by atoms with van der Waals surface area (Å²) >= 11 is 0. The lowest BCUT2D eigenvalue weighted by molar-refractivity contribution is -0.135. The van der Waals surface area contributed by atoms with Crippen LogP contribution in [0.2, 0.25) is 0 Å². The number of fused-ring (bicyclic) bond motifs is 6. The lowest BCUT2D eigenvalue weighted by atomic mass is 9.92. The van der Waals surface area contributed by atoms with Gasteiger partial charge in [-0.3, -0.25) is 9.59 Å². The molecule has 3 N–H and O–H groups in total. The summed E-state index contributed by atoms with van der Waals surface area (Å²) < 4.78 is 16.9. The Hall–Kier alpha value is -6.21. The minimum Gasteiger partial charge on any atom is -0.488 e. The summed E-state index contributed by atoms with van der Waals surface area (Å²) in [4.78, 5) is 60.8. The SMILES string of the molecule is COC[C@H]1CC(c2ncc(-c3ccc4c(c3)COc3cc5c(ccc6[nH]c([C@@H]7CC[C@H](C)N7C(=O)CC(C)C)nc65)cc3-4)[nH]2)N(C(=O)C(NC(=O)OC)c2ccccc2)C1. The van der Waals surface area contributed by atoms with E-state index in [1.807, 2.05) is 41.4 Å². The topological polar surface area (TPSA) is 155 Å². The second-order valence-corrected chi connectivity index (χ2v) is 16.9. The lowest BCUT2D eigenvalue weighted by Crippen LogP contribution is -2.43. The van der Waals surface area contributed by atoms with Gasteiger partial charge >= 0.3 is 6.09 Å². The number of imidazole rings is 2. The van der Waals surface area contributed by atoms with E-state index in [2.05, 4.69) is 78.5 Å².